The Morgan fingerprint density at radius 3 is 2.46 bits per heavy atom. The minimum absolute atomic E-state index is 0.0678. The van der Waals surface area contributed by atoms with E-state index in [1.165, 1.54) is 47.6 Å². The van der Waals surface area contributed by atoms with Gasteiger partial charge in [0.2, 0.25) is 0 Å². The van der Waals surface area contributed by atoms with Gasteiger partial charge in [0, 0.05) is 12.7 Å². The third-order valence-electron chi connectivity index (χ3n) is 3.49. The Labute approximate surface area is 140 Å². The number of benzene rings is 1. The first-order chi connectivity index (χ1) is 11.4. The quantitative estimate of drug-likeness (QED) is 0.853. The van der Waals surface area contributed by atoms with Crippen molar-refractivity contribution in [2.24, 2.45) is 5.92 Å². The zero-order chi connectivity index (χ0) is 17.7. The fraction of sp³-hybridized carbons (Fsp3) is 0.333. The van der Waals surface area contributed by atoms with Gasteiger partial charge in [-0.25, -0.2) is 4.39 Å². The highest BCUT2D eigenvalue weighted by atomic mass is 19.1. The van der Waals surface area contributed by atoms with Crippen LogP contribution >= 0.6 is 0 Å². The maximum atomic E-state index is 13.0. The van der Waals surface area contributed by atoms with Crippen molar-refractivity contribution in [1.82, 2.24) is 9.88 Å². The lowest BCUT2D eigenvalue weighted by atomic mass is 10.1. The van der Waals surface area contributed by atoms with Crippen LogP contribution in [0.15, 0.2) is 42.7 Å². The summed E-state index contributed by atoms with van der Waals surface area (Å²) in [5.74, 6) is -0.607. The largest absolute Gasteiger partial charge is 0.506 e. The average molecular weight is 332 g/mol. The highest BCUT2D eigenvalue weighted by Gasteiger charge is 2.21. The van der Waals surface area contributed by atoms with E-state index in [1.807, 2.05) is 13.8 Å². The Bertz CT molecular complexity index is 689. The molecule has 0 fully saturated rings. The van der Waals surface area contributed by atoms with E-state index >= 15 is 0 Å². The van der Waals surface area contributed by atoms with Crippen LogP contribution in [0.4, 0.5) is 4.39 Å². The lowest BCUT2D eigenvalue weighted by molar-refractivity contribution is 0.0594. The van der Waals surface area contributed by atoms with E-state index in [0.29, 0.717) is 12.1 Å². The van der Waals surface area contributed by atoms with Crippen molar-refractivity contribution in [2.75, 3.05) is 13.1 Å². The van der Waals surface area contributed by atoms with Crippen LogP contribution in [-0.2, 0) is 0 Å². The van der Waals surface area contributed by atoms with Crippen LogP contribution in [0.5, 0.6) is 5.75 Å². The van der Waals surface area contributed by atoms with Gasteiger partial charge in [0.1, 0.15) is 11.6 Å². The minimum atomic E-state index is -0.932. The van der Waals surface area contributed by atoms with Crippen LogP contribution in [0.3, 0.4) is 0 Å². The Balaban J connectivity index is 2.18. The molecule has 5 nitrogen and oxygen atoms in total. The lowest BCUT2D eigenvalue weighted by Crippen LogP contribution is -2.37. The molecule has 6 heteroatoms. The fourth-order valence-electron chi connectivity index (χ4n) is 2.41. The number of carbonyl (C=O) groups is 1. The Morgan fingerprint density at radius 1 is 1.21 bits per heavy atom. The zero-order valence-electron chi connectivity index (χ0n) is 13.7. The summed E-state index contributed by atoms with van der Waals surface area (Å²) in [6, 6.07) is 6.87. The second kappa shape index (κ2) is 7.88. The van der Waals surface area contributed by atoms with Crippen molar-refractivity contribution in [3.8, 4) is 5.75 Å². The van der Waals surface area contributed by atoms with Crippen LogP contribution < -0.4 is 0 Å². The Morgan fingerprint density at radius 2 is 1.88 bits per heavy atom. The maximum Gasteiger partial charge on any atom is 0.255 e. The molecule has 0 aliphatic heterocycles. The maximum absolute atomic E-state index is 13.0. The fourth-order valence-corrected chi connectivity index (χ4v) is 2.41. The molecular weight excluding hydrogens is 311 g/mol. The van der Waals surface area contributed by atoms with Gasteiger partial charge >= 0.3 is 0 Å². The summed E-state index contributed by atoms with van der Waals surface area (Å²) in [7, 11) is 0. The first-order valence-electron chi connectivity index (χ1n) is 7.73. The van der Waals surface area contributed by atoms with E-state index in [0.717, 1.165) is 0 Å². The molecule has 1 atom stereocenters. The van der Waals surface area contributed by atoms with Crippen LogP contribution in [0.1, 0.15) is 35.9 Å². The molecule has 0 aliphatic rings. The molecule has 1 aromatic carbocycles. The molecule has 2 N–H and O–H groups in total. The van der Waals surface area contributed by atoms with Crippen molar-refractivity contribution < 1.29 is 19.4 Å². The van der Waals surface area contributed by atoms with Crippen molar-refractivity contribution in [2.45, 2.75) is 20.0 Å². The summed E-state index contributed by atoms with van der Waals surface area (Å²) in [6.45, 7) is 4.43. The number of amides is 1. The van der Waals surface area contributed by atoms with Crippen molar-refractivity contribution >= 4 is 5.91 Å². The average Bonchev–Trinajstić information content (AvgIpc) is 2.53. The Hall–Kier alpha value is -2.47. The van der Waals surface area contributed by atoms with Gasteiger partial charge in [0.05, 0.1) is 24.4 Å². The summed E-state index contributed by atoms with van der Waals surface area (Å²) in [6.07, 6.45) is 1.69. The summed E-state index contributed by atoms with van der Waals surface area (Å²) in [5.41, 5.74) is 0.786. The van der Waals surface area contributed by atoms with E-state index in [1.54, 1.807) is 0 Å². The molecule has 0 aliphatic carbocycles. The molecular formula is C18H21FN2O3. The van der Waals surface area contributed by atoms with Gasteiger partial charge in [0.25, 0.3) is 5.91 Å². The third-order valence-corrected chi connectivity index (χ3v) is 3.49. The number of aromatic hydroxyl groups is 1. The lowest BCUT2D eigenvalue weighted by Gasteiger charge is -2.27. The smallest absolute Gasteiger partial charge is 0.255 e. The molecule has 0 spiro atoms. The molecule has 1 amide bonds. The van der Waals surface area contributed by atoms with Crippen LogP contribution in [0.25, 0.3) is 0 Å². The highest BCUT2D eigenvalue weighted by molar-refractivity contribution is 5.94. The number of nitrogens with zero attached hydrogens (tertiary/aromatic N) is 2. The molecule has 2 aromatic rings. The first-order valence-corrected chi connectivity index (χ1v) is 7.73. The van der Waals surface area contributed by atoms with Crippen molar-refractivity contribution in [1.29, 1.82) is 0 Å². The van der Waals surface area contributed by atoms with Crippen LogP contribution in [0.2, 0.25) is 0 Å². The summed E-state index contributed by atoms with van der Waals surface area (Å²) in [5, 5.41) is 19.9. The molecule has 0 saturated carbocycles. The number of aromatic nitrogens is 1. The summed E-state index contributed by atoms with van der Waals surface area (Å²) in [4.78, 5) is 18.0. The molecule has 128 valence electrons. The second-order valence-corrected chi connectivity index (χ2v) is 6.10. The molecule has 0 bridgehead atoms. The topological polar surface area (TPSA) is 73.7 Å². The van der Waals surface area contributed by atoms with E-state index in [2.05, 4.69) is 4.98 Å². The van der Waals surface area contributed by atoms with E-state index in [4.69, 9.17) is 0 Å². The molecule has 1 unspecified atom stereocenters. The van der Waals surface area contributed by atoms with Crippen LogP contribution in [0, 0.1) is 11.7 Å². The van der Waals surface area contributed by atoms with Crippen molar-refractivity contribution in [3.05, 3.63) is 59.7 Å². The molecule has 1 heterocycles. The number of carbonyl (C=O) groups excluding carboxylic acids is 1. The zero-order valence-corrected chi connectivity index (χ0v) is 13.7. The monoisotopic (exact) mass is 332 g/mol. The van der Waals surface area contributed by atoms with Gasteiger partial charge in [-0.1, -0.05) is 26.0 Å². The number of aliphatic hydroxyl groups is 1. The Kier molecular flexibility index (Phi) is 5.87. The number of aliphatic hydroxyl groups excluding tert-OH is 1. The second-order valence-electron chi connectivity index (χ2n) is 6.10. The predicted molar refractivity (Wildman–Crippen MR) is 88.0 cm³/mol. The van der Waals surface area contributed by atoms with Gasteiger partial charge < -0.3 is 15.1 Å². The highest BCUT2D eigenvalue weighted by Crippen LogP contribution is 2.18. The molecule has 1 aromatic heterocycles. The normalized spacial score (nSPS) is 12.2. The number of hydrogen-bond acceptors (Lipinski definition) is 4. The van der Waals surface area contributed by atoms with Crippen LogP contribution in [-0.4, -0.2) is 39.1 Å². The van der Waals surface area contributed by atoms with Gasteiger partial charge in [-0.05, 0) is 29.7 Å². The molecule has 2 rings (SSSR count). The number of pyridine rings is 1. The van der Waals surface area contributed by atoms with Gasteiger partial charge in [-0.15, -0.1) is 0 Å². The summed E-state index contributed by atoms with van der Waals surface area (Å²) >= 11 is 0. The van der Waals surface area contributed by atoms with Crippen molar-refractivity contribution in [3.63, 3.8) is 0 Å². The molecule has 0 radical (unpaired) electrons. The third kappa shape index (κ3) is 4.76. The predicted octanol–water partition coefficient (Wildman–Crippen LogP) is 2.76. The van der Waals surface area contributed by atoms with E-state index in [-0.39, 0.29) is 35.5 Å². The van der Waals surface area contributed by atoms with E-state index < -0.39 is 6.10 Å². The first kappa shape index (κ1) is 17.9. The van der Waals surface area contributed by atoms with Gasteiger partial charge in [-0.3, -0.25) is 9.78 Å². The standard InChI is InChI=1S/C18H21FN2O3/c1-12(2)10-21(18(24)14-7-16(22)9-20-8-14)11-17(23)13-3-5-15(19)6-4-13/h3-9,12,17,22-23H,10-11H2,1-2H3. The number of hydrogen-bond donors (Lipinski definition) is 2. The van der Waals surface area contributed by atoms with Gasteiger partial charge in [-0.2, -0.15) is 0 Å². The SMILES string of the molecule is CC(C)CN(CC(O)c1ccc(F)cc1)C(=O)c1cncc(O)c1. The molecule has 24 heavy (non-hydrogen) atoms. The number of rotatable bonds is 6. The summed E-state index contributed by atoms with van der Waals surface area (Å²) < 4.78 is 13.0. The molecule has 0 saturated heterocycles. The minimum Gasteiger partial charge on any atom is -0.506 e. The van der Waals surface area contributed by atoms with Gasteiger partial charge in [0.15, 0.2) is 0 Å². The van der Waals surface area contributed by atoms with E-state index in [9.17, 15) is 19.4 Å². The number of halogens is 1.